The van der Waals surface area contributed by atoms with Crippen molar-refractivity contribution < 1.29 is 5.11 Å². The Morgan fingerprint density at radius 3 is 2.71 bits per heavy atom. The Bertz CT molecular complexity index is 796. The molecule has 0 aliphatic rings. The number of hydrogen-bond acceptors (Lipinski definition) is 3. The lowest BCUT2D eigenvalue weighted by Gasteiger charge is -2.12. The van der Waals surface area contributed by atoms with Crippen LogP contribution < -0.4 is 5.56 Å². The van der Waals surface area contributed by atoms with Gasteiger partial charge in [0.1, 0.15) is 0 Å². The lowest BCUT2D eigenvalue weighted by atomic mass is 10.1. The second-order valence-electron chi connectivity index (χ2n) is 4.97. The monoisotopic (exact) mass is 280 g/mol. The topological polar surface area (TPSA) is 55.1 Å². The summed E-state index contributed by atoms with van der Waals surface area (Å²) in [6.45, 7) is 0.472. The van der Waals surface area contributed by atoms with E-state index in [1.807, 2.05) is 36.4 Å². The van der Waals surface area contributed by atoms with Gasteiger partial charge in [-0.15, -0.1) is 0 Å². The van der Waals surface area contributed by atoms with Crippen LogP contribution in [0.5, 0.6) is 0 Å². The smallest absolute Gasteiger partial charge is 0.259 e. The lowest BCUT2D eigenvalue weighted by Crippen LogP contribution is -2.20. The summed E-state index contributed by atoms with van der Waals surface area (Å²) in [7, 11) is 0. The van der Waals surface area contributed by atoms with E-state index in [4.69, 9.17) is 0 Å². The maximum Gasteiger partial charge on any atom is 0.259 e. The molecular formula is C17H16N2O2. The molecule has 4 heteroatoms. The Balaban J connectivity index is 1.80. The predicted octanol–water partition coefficient (Wildman–Crippen LogP) is 2.52. The first-order chi connectivity index (χ1) is 10.3. The lowest BCUT2D eigenvalue weighted by molar-refractivity contribution is 0.160. The van der Waals surface area contributed by atoms with Crippen molar-refractivity contribution in [1.29, 1.82) is 0 Å². The number of aryl methyl sites for hydroxylation is 1. The normalized spacial score (nSPS) is 12.4. The number of rotatable bonds is 4. The minimum atomic E-state index is -0.567. The number of aliphatic hydroxyl groups is 1. The Labute approximate surface area is 122 Å². The minimum Gasteiger partial charge on any atom is -0.388 e. The zero-order valence-electron chi connectivity index (χ0n) is 11.5. The van der Waals surface area contributed by atoms with Gasteiger partial charge in [-0.25, -0.2) is 0 Å². The highest BCUT2D eigenvalue weighted by molar-refractivity contribution is 5.76. The van der Waals surface area contributed by atoms with E-state index in [2.05, 4.69) is 4.98 Å². The molecular weight excluding hydrogens is 264 g/mol. The van der Waals surface area contributed by atoms with E-state index in [1.54, 1.807) is 29.1 Å². The summed E-state index contributed by atoms with van der Waals surface area (Å²) in [5, 5.41) is 10.8. The largest absolute Gasteiger partial charge is 0.388 e. The third-order valence-electron chi connectivity index (χ3n) is 3.57. The Morgan fingerprint density at radius 1 is 1.10 bits per heavy atom. The molecule has 106 valence electrons. The molecule has 1 aromatic carbocycles. The van der Waals surface area contributed by atoms with Gasteiger partial charge in [0.05, 0.1) is 17.0 Å². The first-order valence-electron chi connectivity index (χ1n) is 6.93. The van der Waals surface area contributed by atoms with Gasteiger partial charge >= 0.3 is 0 Å². The van der Waals surface area contributed by atoms with E-state index in [1.165, 1.54) is 0 Å². The fraction of sp³-hybridized carbons (Fsp3) is 0.176. The van der Waals surface area contributed by atoms with Gasteiger partial charge in [0.2, 0.25) is 0 Å². The van der Waals surface area contributed by atoms with Crippen molar-refractivity contribution in [2.75, 3.05) is 0 Å². The molecule has 3 rings (SSSR count). The molecule has 0 unspecified atom stereocenters. The van der Waals surface area contributed by atoms with Crippen molar-refractivity contribution in [3.8, 4) is 0 Å². The van der Waals surface area contributed by atoms with Crippen LogP contribution in [0.1, 0.15) is 18.1 Å². The molecule has 0 aliphatic heterocycles. The molecule has 0 spiro atoms. The van der Waals surface area contributed by atoms with Crippen LogP contribution in [0.2, 0.25) is 0 Å². The highest BCUT2D eigenvalue weighted by Gasteiger charge is 2.08. The molecule has 4 nitrogen and oxygen atoms in total. The maximum atomic E-state index is 12.3. The van der Waals surface area contributed by atoms with Gasteiger partial charge in [-0.2, -0.15) is 0 Å². The first-order valence-corrected chi connectivity index (χ1v) is 6.93. The van der Waals surface area contributed by atoms with E-state index in [9.17, 15) is 9.90 Å². The van der Waals surface area contributed by atoms with E-state index < -0.39 is 6.10 Å². The van der Waals surface area contributed by atoms with Crippen LogP contribution in [0, 0.1) is 0 Å². The predicted molar refractivity (Wildman–Crippen MR) is 82.0 cm³/mol. The third kappa shape index (κ3) is 2.85. The van der Waals surface area contributed by atoms with Crippen molar-refractivity contribution in [1.82, 2.24) is 9.55 Å². The molecule has 21 heavy (non-hydrogen) atoms. The Hall–Kier alpha value is -2.46. The van der Waals surface area contributed by atoms with Gasteiger partial charge in [0.25, 0.3) is 5.56 Å². The van der Waals surface area contributed by atoms with Crippen LogP contribution >= 0.6 is 0 Å². The van der Waals surface area contributed by atoms with E-state index in [0.29, 0.717) is 23.9 Å². The standard InChI is InChI=1S/C17H16N2O2/c20-16(13-5-2-1-3-6-13)9-12-19-11-8-15-14(17(19)21)7-4-10-18-15/h1-8,10-11,16,20H,9,12H2/t16-/m0/s1. The zero-order valence-corrected chi connectivity index (χ0v) is 11.5. The number of pyridine rings is 2. The molecule has 1 N–H and O–H groups in total. The van der Waals surface area contributed by atoms with Gasteiger partial charge in [0, 0.05) is 18.9 Å². The molecule has 2 heterocycles. The molecule has 0 radical (unpaired) electrons. The first kappa shape index (κ1) is 13.5. The molecule has 3 aromatic rings. The molecule has 0 saturated carbocycles. The molecule has 2 aromatic heterocycles. The summed E-state index contributed by atoms with van der Waals surface area (Å²) in [4.78, 5) is 16.5. The fourth-order valence-corrected chi connectivity index (χ4v) is 2.39. The van der Waals surface area contributed by atoms with Crippen molar-refractivity contribution in [3.63, 3.8) is 0 Å². The summed E-state index contributed by atoms with van der Waals surface area (Å²) in [5.74, 6) is 0. The number of hydrogen-bond donors (Lipinski definition) is 1. The third-order valence-corrected chi connectivity index (χ3v) is 3.57. The quantitative estimate of drug-likeness (QED) is 0.799. The van der Waals surface area contributed by atoms with Crippen LogP contribution in [0.3, 0.4) is 0 Å². The van der Waals surface area contributed by atoms with Gasteiger partial charge in [-0.1, -0.05) is 30.3 Å². The second-order valence-corrected chi connectivity index (χ2v) is 4.97. The average Bonchev–Trinajstić information content (AvgIpc) is 2.55. The molecule has 1 atom stereocenters. The molecule has 0 amide bonds. The van der Waals surface area contributed by atoms with Crippen LogP contribution in [0.15, 0.2) is 65.7 Å². The fourth-order valence-electron chi connectivity index (χ4n) is 2.39. The number of aromatic nitrogens is 2. The van der Waals surface area contributed by atoms with E-state index >= 15 is 0 Å². The van der Waals surface area contributed by atoms with Crippen LogP contribution in [0.25, 0.3) is 10.9 Å². The molecule has 0 saturated heterocycles. The van der Waals surface area contributed by atoms with Crippen molar-refractivity contribution in [2.24, 2.45) is 0 Å². The zero-order chi connectivity index (χ0) is 14.7. The average molecular weight is 280 g/mol. The van der Waals surface area contributed by atoms with Gasteiger partial charge in [-0.3, -0.25) is 9.78 Å². The van der Waals surface area contributed by atoms with E-state index in [0.717, 1.165) is 5.56 Å². The summed E-state index contributed by atoms with van der Waals surface area (Å²) in [5.41, 5.74) is 1.50. The molecule has 0 fully saturated rings. The highest BCUT2D eigenvalue weighted by Crippen LogP contribution is 2.16. The number of nitrogens with zero attached hydrogens (tertiary/aromatic N) is 2. The summed E-state index contributed by atoms with van der Waals surface area (Å²) < 4.78 is 1.62. The summed E-state index contributed by atoms with van der Waals surface area (Å²) >= 11 is 0. The van der Waals surface area contributed by atoms with E-state index in [-0.39, 0.29) is 5.56 Å². The summed E-state index contributed by atoms with van der Waals surface area (Å²) in [6.07, 6.45) is 3.33. The van der Waals surface area contributed by atoms with Crippen LogP contribution in [-0.2, 0) is 6.54 Å². The number of benzene rings is 1. The minimum absolute atomic E-state index is 0.0686. The number of fused-ring (bicyclic) bond motifs is 1. The van der Waals surface area contributed by atoms with Gasteiger partial charge < -0.3 is 9.67 Å². The summed E-state index contributed by atoms with van der Waals surface area (Å²) in [6, 6.07) is 14.8. The molecule has 0 aliphatic carbocycles. The van der Waals surface area contributed by atoms with Gasteiger partial charge in [-0.05, 0) is 30.2 Å². The number of aliphatic hydroxyl groups excluding tert-OH is 1. The second kappa shape index (κ2) is 5.89. The van der Waals surface area contributed by atoms with Crippen molar-refractivity contribution >= 4 is 10.9 Å². The molecule has 0 bridgehead atoms. The van der Waals surface area contributed by atoms with Crippen LogP contribution in [0.4, 0.5) is 0 Å². The van der Waals surface area contributed by atoms with Crippen molar-refractivity contribution in [3.05, 3.63) is 76.8 Å². The van der Waals surface area contributed by atoms with Crippen molar-refractivity contribution in [2.45, 2.75) is 19.1 Å². The SMILES string of the molecule is O=c1c2cccnc2ccn1CC[C@H](O)c1ccccc1. The van der Waals surface area contributed by atoms with Gasteiger partial charge in [0.15, 0.2) is 0 Å². The Morgan fingerprint density at radius 2 is 1.90 bits per heavy atom. The Kier molecular flexibility index (Phi) is 3.79. The van der Waals surface area contributed by atoms with Crippen LogP contribution in [-0.4, -0.2) is 14.7 Å². The highest BCUT2D eigenvalue weighted by atomic mass is 16.3. The maximum absolute atomic E-state index is 12.3.